The summed E-state index contributed by atoms with van der Waals surface area (Å²) in [5.41, 5.74) is 0.801. The molecule has 3 aromatic rings. The van der Waals surface area contributed by atoms with Crippen LogP contribution >= 0.6 is 27.3 Å². The van der Waals surface area contributed by atoms with E-state index >= 15 is 0 Å². The quantitative estimate of drug-likeness (QED) is 0.438. The van der Waals surface area contributed by atoms with Gasteiger partial charge >= 0.3 is 11.9 Å². The molecule has 154 valence electrons. The summed E-state index contributed by atoms with van der Waals surface area (Å²) in [7, 11) is 0. The van der Waals surface area contributed by atoms with Crippen molar-refractivity contribution in [3.8, 4) is 16.2 Å². The van der Waals surface area contributed by atoms with Gasteiger partial charge in [-0.25, -0.2) is 14.0 Å². The van der Waals surface area contributed by atoms with Gasteiger partial charge in [0.1, 0.15) is 5.82 Å². The van der Waals surface area contributed by atoms with Gasteiger partial charge < -0.3 is 20.3 Å². The second-order valence-corrected chi connectivity index (χ2v) is 7.72. The molecule has 0 bridgehead atoms. The van der Waals surface area contributed by atoms with Crippen molar-refractivity contribution in [1.29, 1.82) is 0 Å². The summed E-state index contributed by atoms with van der Waals surface area (Å²) in [4.78, 5) is 34.9. The number of aliphatic carboxylic acids is 1. The van der Waals surface area contributed by atoms with Gasteiger partial charge in [0.25, 0.3) is 5.91 Å². The Morgan fingerprint density at radius 3 is 2.50 bits per heavy atom. The smallest absolute Gasteiger partial charge is 0.349 e. The summed E-state index contributed by atoms with van der Waals surface area (Å²) in [6, 6.07) is 12.1. The highest BCUT2D eigenvalue weighted by molar-refractivity contribution is 9.10. The number of anilines is 1. The molecule has 0 aliphatic heterocycles. The number of carboxylic acid groups (broad SMARTS) is 2. The zero-order chi connectivity index (χ0) is 21.8. The van der Waals surface area contributed by atoms with Gasteiger partial charge in [0.2, 0.25) is 0 Å². The van der Waals surface area contributed by atoms with Crippen LogP contribution in [0.5, 0.6) is 5.75 Å². The lowest BCUT2D eigenvalue weighted by Gasteiger charge is -2.08. The molecule has 1 aromatic heterocycles. The second kappa shape index (κ2) is 9.06. The highest BCUT2D eigenvalue weighted by Crippen LogP contribution is 2.46. The maximum Gasteiger partial charge on any atom is 0.349 e. The van der Waals surface area contributed by atoms with E-state index < -0.39 is 30.3 Å². The molecule has 0 spiro atoms. The number of nitrogens with one attached hydrogen (secondary N) is 1. The lowest BCUT2D eigenvalue weighted by atomic mass is 10.1. The van der Waals surface area contributed by atoms with Crippen molar-refractivity contribution in [3.63, 3.8) is 0 Å². The topological polar surface area (TPSA) is 113 Å². The molecule has 3 N–H and O–H groups in total. The molecule has 0 radical (unpaired) electrons. The molecule has 10 heteroatoms. The van der Waals surface area contributed by atoms with Crippen LogP contribution < -0.4 is 10.1 Å². The first-order valence-electron chi connectivity index (χ1n) is 8.34. The maximum atomic E-state index is 13.8. The van der Waals surface area contributed by atoms with Crippen LogP contribution in [0.3, 0.4) is 0 Å². The first kappa shape index (κ1) is 21.5. The molecule has 0 aliphatic rings. The van der Waals surface area contributed by atoms with Gasteiger partial charge in [-0.15, -0.1) is 11.3 Å². The number of carboxylic acids is 2. The van der Waals surface area contributed by atoms with Crippen LogP contribution in [-0.2, 0) is 4.79 Å². The highest BCUT2D eigenvalue weighted by atomic mass is 79.9. The molecule has 30 heavy (non-hydrogen) atoms. The van der Waals surface area contributed by atoms with Crippen LogP contribution in [-0.4, -0.2) is 34.7 Å². The fraction of sp³-hybridized carbons (Fsp3) is 0.0500. The average molecular weight is 494 g/mol. The number of ether oxygens (including phenoxy) is 1. The fourth-order valence-corrected chi connectivity index (χ4v) is 4.46. The van der Waals surface area contributed by atoms with E-state index in [4.69, 9.17) is 9.84 Å². The first-order chi connectivity index (χ1) is 14.3. The Labute approximate surface area is 181 Å². The number of hydrogen-bond acceptors (Lipinski definition) is 5. The molecule has 0 atom stereocenters. The summed E-state index contributed by atoms with van der Waals surface area (Å²) in [6.45, 7) is -0.701. The third-order valence-electron chi connectivity index (χ3n) is 3.84. The molecular weight excluding hydrogens is 481 g/mol. The first-order valence-corrected chi connectivity index (χ1v) is 9.95. The van der Waals surface area contributed by atoms with Crippen molar-refractivity contribution in [2.75, 3.05) is 11.9 Å². The van der Waals surface area contributed by atoms with Crippen molar-refractivity contribution in [2.24, 2.45) is 0 Å². The lowest BCUT2D eigenvalue weighted by Crippen LogP contribution is -2.13. The number of aromatic carboxylic acids is 1. The standard InChI is InChI=1S/C20H13BrFNO6S/c21-15-16(29-9-14(24)25)18(20(27)28)30-17(15)10-4-3-5-11(8-10)23-19(26)12-6-1-2-7-13(12)22/h1-8H,9H2,(H,23,26)(H,24,25)(H,27,28). The van der Waals surface area contributed by atoms with Crippen LogP contribution in [0.15, 0.2) is 53.0 Å². The van der Waals surface area contributed by atoms with E-state index in [0.29, 0.717) is 16.1 Å². The average Bonchev–Trinajstić information content (AvgIpc) is 3.03. The van der Waals surface area contributed by atoms with E-state index in [9.17, 15) is 23.9 Å². The summed E-state index contributed by atoms with van der Waals surface area (Å²) in [6.07, 6.45) is 0. The predicted octanol–water partition coefficient (Wildman–Crippen LogP) is 4.73. The molecular formula is C20H13BrFNO6S. The van der Waals surface area contributed by atoms with E-state index in [1.54, 1.807) is 30.3 Å². The normalized spacial score (nSPS) is 10.5. The molecule has 0 aliphatic carbocycles. The van der Waals surface area contributed by atoms with Crippen molar-refractivity contribution in [1.82, 2.24) is 0 Å². The minimum absolute atomic E-state index is 0.0919. The number of carbonyl (C=O) groups is 3. The van der Waals surface area contributed by atoms with E-state index in [1.165, 1.54) is 18.2 Å². The Hall–Kier alpha value is -3.24. The third kappa shape index (κ3) is 4.66. The number of hydrogen-bond donors (Lipinski definition) is 3. The fourth-order valence-electron chi connectivity index (χ4n) is 2.57. The Bertz CT molecular complexity index is 1150. The largest absolute Gasteiger partial charge is 0.479 e. The number of thiophene rings is 1. The summed E-state index contributed by atoms with van der Waals surface area (Å²) in [5.74, 6) is -3.89. The van der Waals surface area contributed by atoms with E-state index in [-0.39, 0.29) is 20.7 Å². The molecule has 2 aromatic carbocycles. The SMILES string of the molecule is O=C(O)COc1c(C(=O)O)sc(-c2cccc(NC(=O)c3ccccc3F)c2)c1Br. The third-order valence-corrected chi connectivity index (χ3v) is 6.07. The zero-order valence-corrected chi connectivity index (χ0v) is 17.4. The summed E-state index contributed by atoms with van der Waals surface area (Å²) in [5, 5.41) is 20.8. The number of benzene rings is 2. The van der Waals surface area contributed by atoms with E-state index in [1.807, 2.05) is 0 Å². The molecule has 0 unspecified atom stereocenters. The van der Waals surface area contributed by atoms with E-state index in [2.05, 4.69) is 21.2 Å². The monoisotopic (exact) mass is 493 g/mol. The van der Waals surface area contributed by atoms with Gasteiger partial charge in [-0.3, -0.25) is 4.79 Å². The maximum absolute atomic E-state index is 13.8. The lowest BCUT2D eigenvalue weighted by molar-refractivity contribution is -0.139. The summed E-state index contributed by atoms with van der Waals surface area (Å²) < 4.78 is 19.2. The van der Waals surface area contributed by atoms with Gasteiger partial charge in [0.05, 0.1) is 14.9 Å². The van der Waals surface area contributed by atoms with Crippen LogP contribution in [0.1, 0.15) is 20.0 Å². The van der Waals surface area contributed by atoms with Gasteiger partial charge in [-0.2, -0.15) is 0 Å². The molecule has 7 nitrogen and oxygen atoms in total. The number of rotatable bonds is 7. The number of amides is 1. The van der Waals surface area contributed by atoms with Crippen molar-refractivity contribution in [3.05, 3.63) is 69.3 Å². The van der Waals surface area contributed by atoms with Crippen LogP contribution in [0.2, 0.25) is 0 Å². The zero-order valence-electron chi connectivity index (χ0n) is 15.0. The summed E-state index contributed by atoms with van der Waals surface area (Å²) >= 11 is 4.16. The predicted molar refractivity (Wildman–Crippen MR) is 112 cm³/mol. The Morgan fingerprint density at radius 2 is 1.83 bits per heavy atom. The van der Waals surface area contributed by atoms with Crippen molar-refractivity contribution >= 4 is 50.8 Å². The van der Waals surface area contributed by atoms with Crippen LogP contribution in [0.25, 0.3) is 10.4 Å². The van der Waals surface area contributed by atoms with E-state index in [0.717, 1.165) is 11.3 Å². The Kier molecular flexibility index (Phi) is 6.48. The number of halogens is 2. The van der Waals surface area contributed by atoms with Gasteiger partial charge in [0.15, 0.2) is 17.2 Å². The molecule has 0 saturated heterocycles. The van der Waals surface area contributed by atoms with Crippen molar-refractivity contribution < 1.29 is 33.7 Å². The molecule has 0 fully saturated rings. The highest BCUT2D eigenvalue weighted by Gasteiger charge is 2.24. The van der Waals surface area contributed by atoms with Crippen molar-refractivity contribution in [2.45, 2.75) is 0 Å². The van der Waals surface area contributed by atoms with Crippen LogP contribution in [0, 0.1) is 5.82 Å². The van der Waals surface area contributed by atoms with Gasteiger partial charge in [-0.1, -0.05) is 24.3 Å². The molecule has 1 amide bonds. The van der Waals surface area contributed by atoms with Crippen LogP contribution in [0.4, 0.5) is 10.1 Å². The Morgan fingerprint density at radius 1 is 1.10 bits per heavy atom. The van der Waals surface area contributed by atoms with Gasteiger partial charge in [0, 0.05) is 5.69 Å². The molecule has 0 saturated carbocycles. The number of carbonyl (C=O) groups excluding carboxylic acids is 1. The second-order valence-electron chi connectivity index (χ2n) is 5.91. The molecule has 1 heterocycles. The molecule has 3 rings (SSSR count). The van der Waals surface area contributed by atoms with Gasteiger partial charge in [-0.05, 0) is 45.8 Å². The minimum atomic E-state index is -1.27. The minimum Gasteiger partial charge on any atom is -0.479 e. The Balaban J connectivity index is 1.93.